The van der Waals surface area contributed by atoms with Crippen molar-refractivity contribution in [2.75, 3.05) is 25.0 Å². The molecule has 2 aromatic carbocycles. The van der Waals surface area contributed by atoms with Crippen molar-refractivity contribution in [3.63, 3.8) is 0 Å². The number of nitrogens with two attached hydrogens (primary N) is 1. The molecule has 3 nitrogen and oxygen atoms in total. The van der Waals surface area contributed by atoms with Crippen LogP contribution in [0.4, 0.5) is 5.69 Å². The quantitative estimate of drug-likeness (QED) is 0.857. The molecule has 0 heterocycles. The summed E-state index contributed by atoms with van der Waals surface area (Å²) in [6.45, 7) is 3.04. The SMILES string of the molecule is Cc1cccc(N(C)CCC(O)(CN)c2ccccc2)c1. The van der Waals surface area contributed by atoms with Gasteiger partial charge in [-0.05, 0) is 36.6 Å². The van der Waals surface area contributed by atoms with E-state index in [1.54, 1.807) is 0 Å². The molecule has 1 unspecified atom stereocenters. The molecule has 1 atom stereocenters. The molecule has 2 aromatic rings. The number of aliphatic hydroxyl groups is 1. The van der Waals surface area contributed by atoms with Crippen LogP contribution < -0.4 is 10.6 Å². The predicted octanol–water partition coefficient (Wildman–Crippen LogP) is 2.67. The fourth-order valence-corrected chi connectivity index (χ4v) is 2.46. The molecule has 112 valence electrons. The van der Waals surface area contributed by atoms with Crippen LogP contribution in [0.2, 0.25) is 0 Å². The minimum atomic E-state index is -0.973. The monoisotopic (exact) mass is 284 g/mol. The van der Waals surface area contributed by atoms with Gasteiger partial charge in [0.25, 0.3) is 0 Å². The summed E-state index contributed by atoms with van der Waals surface area (Å²) in [6.07, 6.45) is 0.595. The molecule has 0 aromatic heterocycles. The molecule has 0 amide bonds. The molecule has 0 radical (unpaired) electrons. The van der Waals surface area contributed by atoms with Crippen LogP contribution in [-0.2, 0) is 5.60 Å². The van der Waals surface area contributed by atoms with Gasteiger partial charge in [-0.2, -0.15) is 0 Å². The highest BCUT2D eigenvalue weighted by molar-refractivity contribution is 5.47. The Morgan fingerprint density at radius 3 is 2.43 bits per heavy atom. The van der Waals surface area contributed by atoms with Crippen LogP contribution in [0.25, 0.3) is 0 Å². The third kappa shape index (κ3) is 3.84. The lowest BCUT2D eigenvalue weighted by Crippen LogP contribution is -2.38. The van der Waals surface area contributed by atoms with Crippen molar-refractivity contribution in [3.8, 4) is 0 Å². The fraction of sp³-hybridized carbons (Fsp3) is 0.333. The van der Waals surface area contributed by atoms with Crippen LogP contribution in [0.5, 0.6) is 0 Å². The van der Waals surface area contributed by atoms with E-state index in [4.69, 9.17) is 5.73 Å². The van der Waals surface area contributed by atoms with Gasteiger partial charge in [0.2, 0.25) is 0 Å². The van der Waals surface area contributed by atoms with Crippen molar-refractivity contribution in [1.29, 1.82) is 0 Å². The number of nitrogens with zero attached hydrogens (tertiary/aromatic N) is 1. The van der Waals surface area contributed by atoms with E-state index in [0.717, 1.165) is 17.8 Å². The van der Waals surface area contributed by atoms with Crippen molar-refractivity contribution in [2.45, 2.75) is 18.9 Å². The Balaban J connectivity index is 2.06. The smallest absolute Gasteiger partial charge is 0.103 e. The van der Waals surface area contributed by atoms with Crippen LogP contribution in [-0.4, -0.2) is 25.2 Å². The number of aryl methyl sites for hydroxylation is 1. The summed E-state index contributed by atoms with van der Waals surface area (Å²) in [5.41, 5.74) is 8.11. The zero-order chi connectivity index (χ0) is 15.3. The Bertz CT molecular complexity index is 570. The molecule has 2 rings (SSSR count). The molecule has 0 saturated carbocycles. The maximum absolute atomic E-state index is 10.8. The van der Waals surface area contributed by atoms with E-state index in [0.29, 0.717) is 6.42 Å². The number of hydrogen-bond acceptors (Lipinski definition) is 3. The Morgan fingerprint density at radius 2 is 1.81 bits per heavy atom. The Labute approximate surface area is 127 Å². The van der Waals surface area contributed by atoms with Gasteiger partial charge in [-0.3, -0.25) is 0 Å². The lowest BCUT2D eigenvalue weighted by molar-refractivity contribution is 0.0390. The molecule has 0 aliphatic heterocycles. The molecular weight excluding hydrogens is 260 g/mol. The summed E-state index contributed by atoms with van der Waals surface area (Å²) in [5.74, 6) is 0. The van der Waals surface area contributed by atoms with Crippen molar-refractivity contribution in [1.82, 2.24) is 0 Å². The zero-order valence-electron chi connectivity index (χ0n) is 12.8. The molecule has 0 aliphatic carbocycles. The molecule has 3 heteroatoms. The van der Waals surface area contributed by atoms with E-state index < -0.39 is 5.60 Å². The summed E-state index contributed by atoms with van der Waals surface area (Å²) in [7, 11) is 2.04. The van der Waals surface area contributed by atoms with Crippen molar-refractivity contribution in [3.05, 3.63) is 65.7 Å². The lowest BCUT2D eigenvalue weighted by atomic mass is 9.90. The van der Waals surface area contributed by atoms with Gasteiger partial charge in [0.05, 0.1) is 0 Å². The number of hydrogen-bond donors (Lipinski definition) is 2. The third-order valence-electron chi connectivity index (χ3n) is 3.95. The molecule has 0 spiro atoms. The lowest BCUT2D eigenvalue weighted by Gasteiger charge is -2.30. The van der Waals surface area contributed by atoms with E-state index in [1.165, 1.54) is 5.56 Å². The fourth-order valence-electron chi connectivity index (χ4n) is 2.46. The topological polar surface area (TPSA) is 49.5 Å². The minimum absolute atomic E-state index is 0.221. The summed E-state index contributed by atoms with van der Waals surface area (Å²) >= 11 is 0. The highest BCUT2D eigenvalue weighted by Gasteiger charge is 2.27. The zero-order valence-corrected chi connectivity index (χ0v) is 12.8. The molecular formula is C18H24N2O. The van der Waals surface area contributed by atoms with Gasteiger partial charge in [0, 0.05) is 25.8 Å². The van der Waals surface area contributed by atoms with E-state index in [-0.39, 0.29) is 6.54 Å². The highest BCUT2D eigenvalue weighted by atomic mass is 16.3. The number of anilines is 1. The Morgan fingerprint density at radius 1 is 1.10 bits per heavy atom. The molecule has 0 aliphatic rings. The first-order valence-corrected chi connectivity index (χ1v) is 7.31. The summed E-state index contributed by atoms with van der Waals surface area (Å²) in [5, 5.41) is 10.8. The van der Waals surface area contributed by atoms with Crippen molar-refractivity contribution in [2.24, 2.45) is 5.73 Å². The molecule has 0 saturated heterocycles. The summed E-state index contributed by atoms with van der Waals surface area (Å²) < 4.78 is 0. The summed E-state index contributed by atoms with van der Waals surface area (Å²) in [6, 6.07) is 18.0. The second-order valence-electron chi connectivity index (χ2n) is 5.61. The van der Waals surface area contributed by atoms with E-state index in [2.05, 4.69) is 30.0 Å². The summed E-state index contributed by atoms with van der Waals surface area (Å²) in [4.78, 5) is 2.15. The van der Waals surface area contributed by atoms with Gasteiger partial charge < -0.3 is 15.7 Å². The molecule has 3 N–H and O–H groups in total. The van der Waals surface area contributed by atoms with Gasteiger partial charge in [0.1, 0.15) is 5.60 Å². The van der Waals surface area contributed by atoms with E-state index in [1.807, 2.05) is 43.4 Å². The van der Waals surface area contributed by atoms with E-state index >= 15 is 0 Å². The highest BCUT2D eigenvalue weighted by Crippen LogP contribution is 2.25. The van der Waals surface area contributed by atoms with Crippen LogP contribution in [0.3, 0.4) is 0 Å². The normalized spacial score (nSPS) is 13.7. The van der Waals surface area contributed by atoms with Crippen molar-refractivity contribution >= 4 is 5.69 Å². The maximum Gasteiger partial charge on any atom is 0.103 e. The van der Waals surface area contributed by atoms with Gasteiger partial charge in [0.15, 0.2) is 0 Å². The molecule has 21 heavy (non-hydrogen) atoms. The van der Waals surface area contributed by atoms with Crippen LogP contribution in [0.1, 0.15) is 17.5 Å². The van der Waals surface area contributed by atoms with E-state index in [9.17, 15) is 5.11 Å². The van der Waals surface area contributed by atoms with Gasteiger partial charge in [-0.25, -0.2) is 0 Å². The third-order valence-corrected chi connectivity index (χ3v) is 3.95. The minimum Gasteiger partial charge on any atom is -0.384 e. The first-order chi connectivity index (χ1) is 10.0. The van der Waals surface area contributed by atoms with Crippen LogP contribution >= 0.6 is 0 Å². The average Bonchev–Trinajstić information content (AvgIpc) is 2.53. The maximum atomic E-state index is 10.8. The molecule has 0 fully saturated rings. The van der Waals surface area contributed by atoms with Gasteiger partial charge in [-0.15, -0.1) is 0 Å². The Hall–Kier alpha value is -1.84. The standard InChI is InChI=1S/C18H24N2O/c1-15-7-6-10-17(13-15)20(2)12-11-18(21,14-19)16-8-4-3-5-9-16/h3-10,13,21H,11-12,14,19H2,1-2H3. The number of rotatable bonds is 6. The molecule has 0 bridgehead atoms. The van der Waals surface area contributed by atoms with Crippen molar-refractivity contribution < 1.29 is 5.11 Å². The first-order valence-electron chi connectivity index (χ1n) is 7.31. The van der Waals surface area contributed by atoms with Gasteiger partial charge >= 0.3 is 0 Å². The van der Waals surface area contributed by atoms with Crippen LogP contribution in [0.15, 0.2) is 54.6 Å². The van der Waals surface area contributed by atoms with Gasteiger partial charge in [-0.1, -0.05) is 42.5 Å². The second-order valence-corrected chi connectivity index (χ2v) is 5.61. The Kier molecular flexibility index (Phi) is 4.99. The number of benzene rings is 2. The predicted molar refractivity (Wildman–Crippen MR) is 88.5 cm³/mol. The largest absolute Gasteiger partial charge is 0.384 e. The van der Waals surface area contributed by atoms with Crippen LogP contribution in [0, 0.1) is 6.92 Å². The second kappa shape index (κ2) is 6.74. The average molecular weight is 284 g/mol. The first kappa shape index (κ1) is 15.5.